The van der Waals surface area contributed by atoms with Crippen LogP contribution in [-0.2, 0) is 20.8 Å². The number of hydrogen-bond acceptors (Lipinski definition) is 5. The normalized spacial score (nSPS) is 23.8. The predicted molar refractivity (Wildman–Crippen MR) is 107 cm³/mol. The minimum Gasteiger partial charge on any atom is -0.376 e. The first-order chi connectivity index (χ1) is 14.8. The van der Waals surface area contributed by atoms with Gasteiger partial charge in [-0.25, -0.2) is 0 Å². The highest BCUT2D eigenvalue weighted by molar-refractivity contribution is 5.98. The number of halogens is 2. The number of alkyl halides is 2. The van der Waals surface area contributed by atoms with Crippen molar-refractivity contribution in [3.8, 4) is 0 Å². The van der Waals surface area contributed by atoms with E-state index in [1.807, 2.05) is 6.92 Å². The van der Waals surface area contributed by atoms with E-state index >= 15 is 0 Å². The Kier molecular flexibility index (Phi) is 5.52. The van der Waals surface area contributed by atoms with Crippen LogP contribution >= 0.6 is 0 Å². The van der Waals surface area contributed by atoms with E-state index in [0.29, 0.717) is 23.5 Å². The second kappa shape index (κ2) is 8.01. The van der Waals surface area contributed by atoms with Crippen LogP contribution in [0.4, 0.5) is 14.5 Å². The summed E-state index contributed by atoms with van der Waals surface area (Å²) in [5, 5.41) is 4.20. The third-order valence-electron chi connectivity index (χ3n) is 5.62. The van der Waals surface area contributed by atoms with E-state index in [1.165, 1.54) is 11.1 Å². The van der Waals surface area contributed by atoms with E-state index in [0.717, 1.165) is 4.90 Å². The molecule has 1 unspecified atom stereocenters. The summed E-state index contributed by atoms with van der Waals surface area (Å²) in [5.41, 5.74) is -0.147. The molecule has 2 aliphatic heterocycles. The highest BCUT2D eigenvalue weighted by atomic mass is 19.3. The monoisotopic (exact) mass is 434 g/mol. The Morgan fingerprint density at radius 1 is 1.23 bits per heavy atom. The molecule has 0 radical (unpaired) electrons. The fraction of sp³-hybridized carbons (Fsp3) is 0.476. The Balaban J connectivity index is 1.65. The molecule has 0 N–H and O–H groups in total. The SMILES string of the molecule is CCn1ncc(C(=O)N2CCOCC3(C2)CN(c2ccccc2)C(=O)C(F)(F)O3)c1C. The minimum atomic E-state index is -4.04. The number of anilines is 1. The molecule has 1 atom stereocenters. The van der Waals surface area contributed by atoms with Crippen molar-refractivity contribution in [2.45, 2.75) is 32.1 Å². The molecule has 2 saturated heterocycles. The van der Waals surface area contributed by atoms with E-state index in [-0.39, 0.29) is 38.8 Å². The first-order valence-corrected chi connectivity index (χ1v) is 10.1. The van der Waals surface area contributed by atoms with Gasteiger partial charge in [0.2, 0.25) is 0 Å². The molecule has 2 aliphatic rings. The fourth-order valence-corrected chi connectivity index (χ4v) is 4.06. The topological polar surface area (TPSA) is 76.9 Å². The molecule has 0 saturated carbocycles. The molecule has 2 amide bonds. The Morgan fingerprint density at radius 3 is 2.65 bits per heavy atom. The van der Waals surface area contributed by atoms with Gasteiger partial charge in [0.15, 0.2) is 0 Å². The number of aryl methyl sites for hydroxylation is 1. The number of carbonyl (C=O) groups excluding carboxylic acids is 2. The van der Waals surface area contributed by atoms with Gasteiger partial charge in [0.1, 0.15) is 5.60 Å². The van der Waals surface area contributed by atoms with Crippen LogP contribution in [0.1, 0.15) is 23.0 Å². The number of hydrogen-bond donors (Lipinski definition) is 0. The van der Waals surface area contributed by atoms with Crippen molar-refractivity contribution in [3.05, 3.63) is 47.8 Å². The van der Waals surface area contributed by atoms with Gasteiger partial charge in [-0.1, -0.05) is 18.2 Å². The van der Waals surface area contributed by atoms with Crippen molar-refractivity contribution in [2.75, 3.05) is 37.7 Å². The molecule has 10 heteroatoms. The number of nitrogens with zero attached hydrogens (tertiary/aromatic N) is 4. The van der Waals surface area contributed by atoms with E-state index in [2.05, 4.69) is 5.10 Å². The van der Waals surface area contributed by atoms with Gasteiger partial charge in [0.25, 0.3) is 5.91 Å². The number of rotatable bonds is 3. The maximum atomic E-state index is 14.7. The average Bonchev–Trinajstić information content (AvgIpc) is 3.00. The van der Waals surface area contributed by atoms with Crippen LogP contribution in [0.15, 0.2) is 36.5 Å². The van der Waals surface area contributed by atoms with Gasteiger partial charge in [-0.15, -0.1) is 0 Å². The maximum absolute atomic E-state index is 14.7. The zero-order chi connectivity index (χ0) is 22.2. The summed E-state index contributed by atoms with van der Waals surface area (Å²) in [4.78, 5) is 28.0. The van der Waals surface area contributed by atoms with E-state index < -0.39 is 17.6 Å². The summed E-state index contributed by atoms with van der Waals surface area (Å²) in [7, 11) is 0. The van der Waals surface area contributed by atoms with Crippen molar-refractivity contribution >= 4 is 17.5 Å². The Labute approximate surface area is 178 Å². The number of amides is 2. The molecule has 8 nitrogen and oxygen atoms in total. The lowest BCUT2D eigenvalue weighted by molar-refractivity contribution is -0.293. The zero-order valence-corrected chi connectivity index (χ0v) is 17.4. The fourth-order valence-electron chi connectivity index (χ4n) is 4.06. The first kappa shape index (κ1) is 21.4. The molecule has 2 fully saturated rings. The number of morpholine rings is 1. The summed E-state index contributed by atoms with van der Waals surface area (Å²) in [6.45, 7) is 4.21. The highest BCUT2D eigenvalue weighted by Crippen LogP contribution is 2.37. The third-order valence-corrected chi connectivity index (χ3v) is 5.62. The van der Waals surface area contributed by atoms with Crippen molar-refractivity contribution in [1.29, 1.82) is 0 Å². The maximum Gasteiger partial charge on any atom is 0.437 e. The van der Waals surface area contributed by atoms with Crippen LogP contribution in [-0.4, -0.2) is 71.1 Å². The van der Waals surface area contributed by atoms with Gasteiger partial charge in [-0.05, 0) is 26.0 Å². The van der Waals surface area contributed by atoms with Crippen LogP contribution in [0.5, 0.6) is 0 Å². The molecule has 0 aliphatic carbocycles. The summed E-state index contributed by atoms with van der Waals surface area (Å²) in [6, 6.07) is 8.22. The van der Waals surface area contributed by atoms with Crippen molar-refractivity contribution in [1.82, 2.24) is 14.7 Å². The molecular weight excluding hydrogens is 410 g/mol. The number of aromatic nitrogens is 2. The Hall–Kier alpha value is -2.85. The average molecular weight is 434 g/mol. The molecule has 4 rings (SSSR count). The van der Waals surface area contributed by atoms with Gasteiger partial charge >= 0.3 is 12.0 Å². The van der Waals surface area contributed by atoms with Gasteiger partial charge < -0.3 is 14.5 Å². The lowest BCUT2D eigenvalue weighted by atomic mass is 10.00. The first-order valence-electron chi connectivity index (χ1n) is 10.1. The van der Waals surface area contributed by atoms with E-state index in [9.17, 15) is 18.4 Å². The highest BCUT2D eigenvalue weighted by Gasteiger charge is 2.58. The summed E-state index contributed by atoms with van der Waals surface area (Å²) in [6.07, 6.45) is -2.56. The predicted octanol–water partition coefficient (Wildman–Crippen LogP) is 2.08. The molecule has 31 heavy (non-hydrogen) atoms. The number of carbonyl (C=O) groups is 2. The van der Waals surface area contributed by atoms with Crippen molar-refractivity contribution in [2.24, 2.45) is 0 Å². The van der Waals surface area contributed by atoms with E-state index in [1.54, 1.807) is 41.9 Å². The lowest BCUT2D eigenvalue weighted by Gasteiger charge is -2.45. The minimum absolute atomic E-state index is 0.144. The molecule has 1 aromatic heterocycles. The Morgan fingerprint density at radius 2 is 1.97 bits per heavy atom. The standard InChI is InChI=1S/C21H24F2N4O4/c1-3-27-15(2)17(11-24-27)18(28)25-9-10-30-14-20(12-25)13-26(16-7-5-4-6-8-16)19(29)21(22,23)31-20/h4-8,11H,3,9-10,12-14H2,1-2H3. The van der Waals surface area contributed by atoms with Crippen LogP contribution < -0.4 is 4.90 Å². The third kappa shape index (κ3) is 3.92. The summed E-state index contributed by atoms with van der Waals surface area (Å²) < 4.78 is 41.7. The molecule has 3 heterocycles. The second-order valence-electron chi connectivity index (χ2n) is 7.77. The number of para-hydroxylation sites is 1. The van der Waals surface area contributed by atoms with E-state index in [4.69, 9.17) is 9.47 Å². The Bertz CT molecular complexity index is 981. The van der Waals surface area contributed by atoms with Crippen LogP contribution in [0.3, 0.4) is 0 Å². The second-order valence-corrected chi connectivity index (χ2v) is 7.77. The van der Waals surface area contributed by atoms with Crippen LogP contribution in [0.2, 0.25) is 0 Å². The van der Waals surface area contributed by atoms with Gasteiger partial charge in [0.05, 0.1) is 38.1 Å². The molecule has 2 aromatic rings. The molecule has 166 valence electrons. The zero-order valence-electron chi connectivity index (χ0n) is 17.4. The smallest absolute Gasteiger partial charge is 0.376 e. The van der Waals surface area contributed by atoms with Gasteiger partial charge in [-0.3, -0.25) is 19.0 Å². The van der Waals surface area contributed by atoms with Crippen molar-refractivity contribution < 1.29 is 27.8 Å². The molecule has 1 spiro atoms. The number of benzene rings is 1. The van der Waals surface area contributed by atoms with Gasteiger partial charge in [-0.2, -0.15) is 13.9 Å². The van der Waals surface area contributed by atoms with Crippen molar-refractivity contribution in [3.63, 3.8) is 0 Å². The summed E-state index contributed by atoms with van der Waals surface area (Å²) in [5.74, 6) is -1.77. The largest absolute Gasteiger partial charge is 0.437 e. The quantitative estimate of drug-likeness (QED) is 0.739. The summed E-state index contributed by atoms with van der Waals surface area (Å²) >= 11 is 0. The van der Waals surface area contributed by atoms with Crippen LogP contribution in [0.25, 0.3) is 0 Å². The number of ether oxygens (including phenoxy) is 2. The van der Waals surface area contributed by atoms with Crippen LogP contribution in [0, 0.1) is 6.92 Å². The lowest BCUT2D eigenvalue weighted by Crippen LogP contribution is -2.66. The van der Waals surface area contributed by atoms with Gasteiger partial charge in [0, 0.05) is 24.5 Å². The molecule has 1 aromatic carbocycles. The molecule has 0 bridgehead atoms. The molecular formula is C21H24F2N4O4.